The molecule has 0 aliphatic carbocycles. The molecule has 1 rings (SSSR count). The number of rotatable bonds is 3. The second-order valence-corrected chi connectivity index (χ2v) is 5.27. The molecule has 3 nitrogen and oxygen atoms in total. The van der Waals surface area contributed by atoms with Gasteiger partial charge in [0.05, 0.1) is 4.90 Å². The largest absolute Gasteiger partial charge is 0.238 e. The molecular formula is C8H10INO2S. The zero-order valence-electron chi connectivity index (χ0n) is 6.90. The van der Waals surface area contributed by atoms with E-state index in [2.05, 4.69) is 22.6 Å². The molecule has 0 radical (unpaired) electrons. The second-order valence-electron chi connectivity index (χ2n) is 2.63. The Balaban J connectivity index is 2.94. The predicted molar refractivity (Wildman–Crippen MR) is 60.4 cm³/mol. The van der Waals surface area contributed by atoms with Crippen LogP contribution in [0.4, 0.5) is 0 Å². The highest BCUT2D eigenvalue weighted by Gasteiger charge is 2.05. The van der Waals surface area contributed by atoms with E-state index < -0.39 is 10.0 Å². The molecule has 1 aromatic rings. The number of halogens is 1. The third-order valence-electron chi connectivity index (χ3n) is 1.64. The minimum atomic E-state index is -3.54. The van der Waals surface area contributed by atoms with Crippen molar-refractivity contribution in [2.45, 2.75) is 11.3 Å². The van der Waals surface area contributed by atoms with Crippen LogP contribution in [0.1, 0.15) is 5.56 Å². The summed E-state index contributed by atoms with van der Waals surface area (Å²) in [5, 5.41) is 4.95. The van der Waals surface area contributed by atoms with Crippen LogP contribution in [-0.2, 0) is 16.4 Å². The topological polar surface area (TPSA) is 60.2 Å². The van der Waals surface area contributed by atoms with Crippen LogP contribution < -0.4 is 5.14 Å². The maximum atomic E-state index is 10.9. The molecule has 0 aromatic heterocycles. The van der Waals surface area contributed by atoms with E-state index in [1.54, 1.807) is 12.1 Å². The molecule has 0 saturated carbocycles. The Bertz CT molecular complexity index is 372. The monoisotopic (exact) mass is 311 g/mol. The van der Waals surface area contributed by atoms with Gasteiger partial charge < -0.3 is 0 Å². The van der Waals surface area contributed by atoms with E-state index in [4.69, 9.17) is 5.14 Å². The Labute approximate surface area is 91.5 Å². The predicted octanol–water partition coefficient (Wildman–Crippen LogP) is 1.31. The quantitative estimate of drug-likeness (QED) is 0.676. The number of hydrogen-bond acceptors (Lipinski definition) is 2. The van der Waals surface area contributed by atoms with E-state index in [9.17, 15) is 8.42 Å². The summed E-state index contributed by atoms with van der Waals surface area (Å²) >= 11 is 2.27. The Kier molecular flexibility index (Phi) is 3.69. The first-order valence-corrected chi connectivity index (χ1v) is 6.79. The molecule has 0 unspecified atom stereocenters. The summed E-state index contributed by atoms with van der Waals surface area (Å²) in [5.41, 5.74) is 1.13. The van der Waals surface area contributed by atoms with E-state index in [1.165, 1.54) is 12.1 Å². The highest BCUT2D eigenvalue weighted by atomic mass is 127. The van der Waals surface area contributed by atoms with Gasteiger partial charge in [0.1, 0.15) is 0 Å². The van der Waals surface area contributed by atoms with Crippen molar-refractivity contribution in [2.75, 3.05) is 4.43 Å². The number of benzene rings is 1. The lowest BCUT2D eigenvalue weighted by atomic mass is 10.2. The molecule has 72 valence electrons. The van der Waals surface area contributed by atoms with Crippen LogP contribution in [0.15, 0.2) is 29.2 Å². The van der Waals surface area contributed by atoms with Gasteiger partial charge in [-0.3, -0.25) is 0 Å². The molecule has 0 heterocycles. The first kappa shape index (κ1) is 10.9. The van der Waals surface area contributed by atoms with Crippen LogP contribution in [0.2, 0.25) is 0 Å². The van der Waals surface area contributed by atoms with Crippen molar-refractivity contribution in [2.24, 2.45) is 5.14 Å². The van der Waals surface area contributed by atoms with Crippen LogP contribution in [0.25, 0.3) is 0 Å². The lowest BCUT2D eigenvalue weighted by Gasteiger charge is -2.00. The van der Waals surface area contributed by atoms with Gasteiger partial charge in [-0.05, 0) is 24.1 Å². The fraction of sp³-hybridized carbons (Fsp3) is 0.250. The molecule has 0 saturated heterocycles. The standard InChI is InChI=1S/C8H10INO2S/c9-6-5-7-1-3-8(4-2-7)13(10,11)12/h1-4H,5-6H2,(H2,10,11,12). The smallest absolute Gasteiger partial charge is 0.225 e. The van der Waals surface area contributed by atoms with Gasteiger partial charge in [-0.1, -0.05) is 34.7 Å². The van der Waals surface area contributed by atoms with Gasteiger partial charge in [-0.2, -0.15) is 0 Å². The summed E-state index contributed by atoms with van der Waals surface area (Å²) in [5.74, 6) is 0. The summed E-state index contributed by atoms with van der Waals surface area (Å²) in [6.45, 7) is 0. The van der Waals surface area contributed by atoms with Gasteiger partial charge in [0.15, 0.2) is 0 Å². The van der Waals surface area contributed by atoms with E-state index in [1.807, 2.05) is 0 Å². The lowest BCUT2D eigenvalue weighted by molar-refractivity contribution is 0.598. The average molecular weight is 311 g/mol. The van der Waals surface area contributed by atoms with Gasteiger partial charge >= 0.3 is 0 Å². The minimum absolute atomic E-state index is 0.171. The van der Waals surface area contributed by atoms with Crippen LogP contribution in [0, 0.1) is 0 Å². The third-order valence-corrected chi connectivity index (χ3v) is 3.10. The molecule has 5 heteroatoms. The molecule has 0 spiro atoms. The first-order chi connectivity index (χ1) is 6.04. The molecule has 0 amide bonds. The number of hydrogen-bond donors (Lipinski definition) is 1. The fourth-order valence-corrected chi connectivity index (χ4v) is 2.09. The molecule has 0 bridgehead atoms. The van der Waals surface area contributed by atoms with E-state index >= 15 is 0 Å². The maximum absolute atomic E-state index is 10.9. The van der Waals surface area contributed by atoms with Crippen molar-refractivity contribution in [1.82, 2.24) is 0 Å². The number of aryl methyl sites for hydroxylation is 1. The number of nitrogens with two attached hydrogens (primary N) is 1. The van der Waals surface area contributed by atoms with Gasteiger partial charge in [0.25, 0.3) is 0 Å². The normalized spacial score (nSPS) is 11.5. The van der Waals surface area contributed by atoms with E-state index in [-0.39, 0.29) is 4.90 Å². The Morgan fingerprint density at radius 1 is 1.23 bits per heavy atom. The highest BCUT2D eigenvalue weighted by molar-refractivity contribution is 14.1. The maximum Gasteiger partial charge on any atom is 0.238 e. The van der Waals surface area contributed by atoms with Crippen molar-refractivity contribution < 1.29 is 8.42 Å². The van der Waals surface area contributed by atoms with Gasteiger partial charge in [-0.25, -0.2) is 13.6 Å². The zero-order chi connectivity index (χ0) is 9.90. The van der Waals surface area contributed by atoms with E-state index in [0.717, 1.165) is 16.4 Å². The third kappa shape index (κ3) is 3.24. The van der Waals surface area contributed by atoms with Gasteiger partial charge in [0.2, 0.25) is 10.0 Å². The fourth-order valence-electron chi connectivity index (χ4n) is 0.955. The molecule has 0 atom stereocenters. The summed E-state index contributed by atoms with van der Waals surface area (Å²) in [6.07, 6.45) is 0.950. The lowest BCUT2D eigenvalue weighted by Crippen LogP contribution is -2.11. The second kappa shape index (κ2) is 4.39. The number of primary sulfonamides is 1. The molecular weight excluding hydrogens is 301 g/mol. The average Bonchev–Trinajstić information content (AvgIpc) is 2.04. The Morgan fingerprint density at radius 2 is 1.77 bits per heavy atom. The molecule has 0 fully saturated rings. The summed E-state index contributed by atoms with van der Waals surface area (Å²) < 4.78 is 22.8. The van der Waals surface area contributed by atoms with Gasteiger partial charge in [-0.15, -0.1) is 0 Å². The summed E-state index contributed by atoms with van der Waals surface area (Å²) in [4.78, 5) is 0.171. The Morgan fingerprint density at radius 3 is 2.15 bits per heavy atom. The SMILES string of the molecule is NS(=O)(=O)c1ccc(CCI)cc1. The summed E-state index contributed by atoms with van der Waals surface area (Å²) in [7, 11) is -3.54. The highest BCUT2D eigenvalue weighted by Crippen LogP contribution is 2.09. The number of sulfonamides is 1. The Hall–Kier alpha value is -0.140. The van der Waals surface area contributed by atoms with Crippen LogP contribution in [-0.4, -0.2) is 12.8 Å². The molecule has 0 aliphatic rings. The first-order valence-electron chi connectivity index (χ1n) is 3.72. The zero-order valence-corrected chi connectivity index (χ0v) is 9.88. The van der Waals surface area contributed by atoms with Crippen molar-refractivity contribution in [3.05, 3.63) is 29.8 Å². The van der Waals surface area contributed by atoms with Crippen molar-refractivity contribution in [3.63, 3.8) is 0 Å². The van der Waals surface area contributed by atoms with Crippen LogP contribution in [0.5, 0.6) is 0 Å². The molecule has 2 N–H and O–H groups in total. The van der Waals surface area contributed by atoms with Crippen molar-refractivity contribution in [3.8, 4) is 0 Å². The van der Waals surface area contributed by atoms with Gasteiger partial charge in [0, 0.05) is 4.43 Å². The number of alkyl halides is 1. The van der Waals surface area contributed by atoms with Crippen molar-refractivity contribution >= 4 is 32.6 Å². The van der Waals surface area contributed by atoms with Crippen molar-refractivity contribution in [1.29, 1.82) is 0 Å². The summed E-state index contributed by atoms with van der Waals surface area (Å²) in [6, 6.07) is 6.66. The van der Waals surface area contributed by atoms with E-state index in [0.29, 0.717) is 0 Å². The van der Waals surface area contributed by atoms with Crippen LogP contribution >= 0.6 is 22.6 Å². The van der Waals surface area contributed by atoms with Crippen LogP contribution in [0.3, 0.4) is 0 Å². The molecule has 13 heavy (non-hydrogen) atoms. The molecule has 1 aromatic carbocycles. The minimum Gasteiger partial charge on any atom is -0.225 e. The molecule has 0 aliphatic heterocycles.